The molecule has 2 fully saturated rings. The summed E-state index contributed by atoms with van der Waals surface area (Å²) in [7, 11) is 0. The van der Waals surface area contributed by atoms with E-state index in [2.05, 4.69) is 13.8 Å². The predicted octanol–water partition coefficient (Wildman–Crippen LogP) is 4.55. The molecule has 0 saturated carbocycles. The number of ether oxygens (including phenoxy) is 7. The van der Waals surface area contributed by atoms with Crippen molar-refractivity contribution in [2.24, 2.45) is 0 Å². The van der Waals surface area contributed by atoms with Crippen LogP contribution in [0.4, 0.5) is 0 Å². The molecule has 2 rings (SSSR count). The fourth-order valence-electron chi connectivity index (χ4n) is 3.75. The maximum Gasteiger partial charge on any atom is 0.107 e. The van der Waals surface area contributed by atoms with E-state index in [-0.39, 0.29) is 24.4 Å². The zero-order valence-electron chi connectivity index (χ0n) is 21.3. The third-order valence-electron chi connectivity index (χ3n) is 6.02. The Morgan fingerprint density at radius 3 is 1.30 bits per heavy atom. The predicted molar refractivity (Wildman–Crippen MR) is 129 cm³/mol. The van der Waals surface area contributed by atoms with E-state index in [1.54, 1.807) is 0 Å². The molecule has 196 valence electrons. The lowest BCUT2D eigenvalue weighted by molar-refractivity contribution is -0.0672. The molecule has 0 aromatic carbocycles. The van der Waals surface area contributed by atoms with Gasteiger partial charge in [-0.25, -0.2) is 0 Å². The van der Waals surface area contributed by atoms with Gasteiger partial charge in [0.1, 0.15) is 12.2 Å². The monoisotopic (exact) mass is 474 g/mol. The largest absolute Gasteiger partial charge is 0.379 e. The second-order valence-corrected chi connectivity index (χ2v) is 9.10. The first-order valence-corrected chi connectivity index (χ1v) is 13.5. The Labute approximate surface area is 202 Å². The number of rotatable bonds is 26. The van der Waals surface area contributed by atoms with Crippen molar-refractivity contribution < 1.29 is 33.2 Å². The second-order valence-electron chi connectivity index (χ2n) is 9.10. The molecule has 0 N–H and O–H groups in total. The van der Waals surface area contributed by atoms with Crippen molar-refractivity contribution in [2.75, 3.05) is 66.1 Å². The van der Waals surface area contributed by atoms with E-state index in [0.29, 0.717) is 39.6 Å². The smallest absolute Gasteiger partial charge is 0.107 e. The zero-order chi connectivity index (χ0) is 23.4. The van der Waals surface area contributed by atoms with E-state index in [1.807, 2.05) is 0 Å². The number of hydrogen-bond acceptors (Lipinski definition) is 7. The highest BCUT2D eigenvalue weighted by Crippen LogP contribution is 2.27. The van der Waals surface area contributed by atoms with Crippen LogP contribution in [0, 0.1) is 0 Å². The second kappa shape index (κ2) is 20.0. The number of epoxide rings is 2. The molecule has 0 aliphatic carbocycles. The fraction of sp³-hybridized carbons (Fsp3) is 1.00. The minimum absolute atomic E-state index is 0.0561. The van der Waals surface area contributed by atoms with Gasteiger partial charge in [0, 0.05) is 26.4 Å². The molecule has 2 aliphatic heterocycles. The van der Waals surface area contributed by atoms with Gasteiger partial charge in [-0.15, -0.1) is 0 Å². The Hall–Kier alpha value is -0.280. The summed E-state index contributed by atoms with van der Waals surface area (Å²) in [6, 6.07) is 0. The van der Waals surface area contributed by atoms with Gasteiger partial charge in [-0.1, -0.05) is 52.4 Å². The highest BCUT2D eigenvalue weighted by molar-refractivity contribution is 4.86. The van der Waals surface area contributed by atoms with Gasteiger partial charge < -0.3 is 33.2 Å². The molecule has 0 spiro atoms. The van der Waals surface area contributed by atoms with Gasteiger partial charge in [-0.3, -0.25) is 0 Å². The summed E-state index contributed by atoms with van der Waals surface area (Å²) in [6.07, 6.45) is 12.0. The van der Waals surface area contributed by atoms with Crippen LogP contribution >= 0.6 is 0 Å². The highest BCUT2D eigenvalue weighted by Gasteiger charge is 2.40. The van der Waals surface area contributed by atoms with E-state index in [4.69, 9.17) is 33.2 Å². The van der Waals surface area contributed by atoms with E-state index in [1.165, 1.54) is 38.5 Å². The standard InChI is InChI=1S/C26H50O7/c1-3-5-7-9-13-27-17-19-29-15-11-23(25-21-31-25)33-24(26-22-32-26)12-16-30-20-18-28-14-10-8-6-4-2/h23-26H,3-22H2,1-2H3. The molecular weight excluding hydrogens is 424 g/mol. The van der Waals surface area contributed by atoms with Crippen LogP contribution in [0.2, 0.25) is 0 Å². The molecule has 0 radical (unpaired) electrons. The quantitative estimate of drug-likeness (QED) is 0.135. The van der Waals surface area contributed by atoms with Crippen molar-refractivity contribution in [3.05, 3.63) is 0 Å². The first kappa shape index (κ1) is 29.0. The summed E-state index contributed by atoms with van der Waals surface area (Å²) in [6.45, 7) is 11.6. The minimum Gasteiger partial charge on any atom is -0.379 e. The van der Waals surface area contributed by atoms with Gasteiger partial charge in [-0.2, -0.15) is 0 Å². The van der Waals surface area contributed by atoms with Crippen LogP contribution in [0.5, 0.6) is 0 Å². The third kappa shape index (κ3) is 16.1. The van der Waals surface area contributed by atoms with E-state index in [9.17, 15) is 0 Å². The first-order valence-electron chi connectivity index (χ1n) is 13.5. The van der Waals surface area contributed by atoms with E-state index < -0.39 is 0 Å². The van der Waals surface area contributed by atoms with Crippen molar-refractivity contribution in [1.29, 1.82) is 0 Å². The van der Waals surface area contributed by atoms with Crippen LogP contribution in [0.15, 0.2) is 0 Å². The van der Waals surface area contributed by atoms with Gasteiger partial charge in [0.2, 0.25) is 0 Å². The first-order chi connectivity index (χ1) is 16.3. The Bertz CT molecular complexity index is 391. The van der Waals surface area contributed by atoms with E-state index in [0.717, 1.165) is 52.1 Å². The molecule has 2 heterocycles. The molecular formula is C26H50O7. The lowest BCUT2D eigenvalue weighted by Crippen LogP contribution is -2.32. The van der Waals surface area contributed by atoms with Crippen molar-refractivity contribution in [2.45, 2.75) is 102 Å². The molecule has 4 atom stereocenters. The van der Waals surface area contributed by atoms with Crippen LogP contribution in [0.1, 0.15) is 78.1 Å². The van der Waals surface area contributed by atoms with Gasteiger partial charge >= 0.3 is 0 Å². The van der Waals surface area contributed by atoms with Crippen LogP contribution in [0.25, 0.3) is 0 Å². The Morgan fingerprint density at radius 2 is 0.939 bits per heavy atom. The molecule has 2 saturated heterocycles. The zero-order valence-corrected chi connectivity index (χ0v) is 21.3. The summed E-state index contributed by atoms with van der Waals surface area (Å²) in [5.74, 6) is 0. The minimum atomic E-state index is 0.0561. The molecule has 0 aromatic rings. The van der Waals surface area contributed by atoms with Crippen molar-refractivity contribution in [1.82, 2.24) is 0 Å². The Balaban J connectivity index is 1.47. The number of unbranched alkanes of at least 4 members (excludes halogenated alkanes) is 6. The SMILES string of the molecule is CCCCCCOCCOCCC(OC(CCOCCOCCCCCC)C1CO1)C1CO1. The molecule has 7 nitrogen and oxygen atoms in total. The average molecular weight is 475 g/mol. The summed E-state index contributed by atoms with van der Waals surface area (Å²) >= 11 is 0. The van der Waals surface area contributed by atoms with Crippen LogP contribution < -0.4 is 0 Å². The van der Waals surface area contributed by atoms with Crippen LogP contribution in [-0.2, 0) is 33.2 Å². The maximum absolute atomic E-state index is 6.39. The Kier molecular flexibility index (Phi) is 17.5. The Morgan fingerprint density at radius 1 is 0.545 bits per heavy atom. The molecule has 4 unspecified atom stereocenters. The van der Waals surface area contributed by atoms with Gasteiger partial charge in [0.25, 0.3) is 0 Å². The van der Waals surface area contributed by atoms with Crippen LogP contribution in [-0.4, -0.2) is 90.5 Å². The summed E-state index contributed by atoms with van der Waals surface area (Å²) in [5.41, 5.74) is 0. The lowest BCUT2D eigenvalue weighted by atomic mass is 10.1. The van der Waals surface area contributed by atoms with Gasteiger partial charge in [0.05, 0.1) is 51.8 Å². The lowest BCUT2D eigenvalue weighted by Gasteiger charge is -2.23. The number of hydrogen-bond donors (Lipinski definition) is 0. The highest BCUT2D eigenvalue weighted by atomic mass is 16.6. The molecule has 7 heteroatoms. The summed E-state index contributed by atoms with van der Waals surface area (Å²) in [4.78, 5) is 0. The maximum atomic E-state index is 6.39. The molecule has 0 bridgehead atoms. The normalized spacial score (nSPS) is 21.3. The molecule has 2 aliphatic rings. The summed E-state index contributed by atoms with van der Waals surface area (Å²) in [5, 5.41) is 0. The van der Waals surface area contributed by atoms with Crippen molar-refractivity contribution in [3.8, 4) is 0 Å². The molecule has 0 aromatic heterocycles. The van der Waals surface area contributed by atoms with E-state index >= 15 is 0 Å². The topological polar surface area (TPSA) is 71.2 Å². The van der Waals surface area contributed by atoms with Crippen LogP contribution in [0.3, 0.4) is 0 Å². The van der Waals surface area contributed by atoms with Gasteiger partial charge in [0.15, 0.2) is 0 Å². The van der Waals surface area contributed by atoms with Crippen molar-refractivity contribution in [3.63, 3.8) is 0 Å². The fourth-order valence-corrected chi connectivity index (χ4v) is 3.75. The van der Waals surface area contributed by atoms with Gasteiger partial charge in [-0.05, 0) is 25.7 Å². The summed E-state index contributed by atoms with van der Waals surface area (Å²) < 4.78 is 40.2. The average Bonchev–Trinajstić information content (AvgIpc) is 3.72. The molecule has 33 heavy (non-hydrogen) atoms. The molecule has 0 amide bonds. The third-order valence-corrected chi connectivity index (χ3v) is 6.02. The van der Waals surface area contributed by atoms with Crippen molar-refractivity contribution >= 4 is 0 Å².